The summed E-state index contributed by atoms with van der Waals surface area (Å²) in [5.41, 5.74) is 6.52. The normalized spacial score (nSPS) is 19.8. The van der Waals surface area contributed by atoms with Gasteiger partial charge in [-0.3, -0.25) is 4.90 Å². The Bertz CT molecular complexity index is 346. The van der Waals surface area contributed by atoms with Crippen molar-refractivity contribution in [1.29, 1.82) is 0 Å². The van der Waals surface area contributed by atoms with Crippen molar-refractivity contribution in [1.82, 2.24) is 4.90 Å². The summed E-state index contributed by atoms with van der Waals surface area (Å²) < 4.78 is 13.5. The van der Waals surface area contributed by atoms with Gasteiger partial charge in [-0.2, -0.15) is 0 Å². The number of nitrogens with two attached hydrogens (primary N) is 1. The maximum absolute atomic E-state index is 13.5. The van der Waals surface area contributed by atoms with Crippen LogP contribution in [0, 0.1) is 5.82 Å². The molecular weight excluding hydrogens is 205 g/mol. The molecule has 0 amide bonds. The molecule has 1 aliphatic rings. The molecule has 0 aromatic heterocycles. The van der Waals surface area contributed by atoms with Crippen molar-refractivity contribution in [3.8, 4) is 0 Å². The van der Waals surface area contributed by atoms with Crippen LogP contribution in [0.25, 0.3) is 0 Å². The number of piperazine rings is 1. The molecule has 1 unspecified atom stereocenters. The van der Waals surface area contributed by atoms with Crippen molar-refractivity contribution in [2.24, 2.45) is 5.73 Å². The maximum atomic E-state index is 13.5. The number of rotatable bonds is 2. The largest absolute Gasteiger partial charge is 0.367 e. The lowest BCUT2D eigenvalue weighted by molar-refractivity contribution is 0.201. The van der Waals surface area contributed by atoms with Crippen molar-refractivity contribution in [3.05, 3.63) is 30.1 Å². The monoisotopic (exact) mass is 223 g/mol. The first-order chi connectivity index (χ1) is 7.68. The number of anilines is 1. The number of para-hydroxylation sites is 1. The fourth-order valence-electron chi connectivity index (χ4n) is 2.08. The van der Waals surface area contributed by atoms with Crippen molar-refractivity contribution < 1.29 is 4.39 Å². The molecule has 3 nitrogen and oxygen atoms in total. The van der Waals surface area contributed by atoms with Gasteiger partial charge in [0.25, 0.3) is 0 Å². The van der Waals surface area contributed by atoms with E-state index in [0.29, 0.717) is 5.69 Å². The predicted molar refractivity (Wildman–Crippen MR) is 63.8 cm³/mol. The lowest BCUT2D eigenvalue weighted by atomic mass is 10.2. The van der Waals surface area contributed by atoms with Crippen LogP contribution in [0.4, 0.5) is 10.1 Å². The SMILES string of the molecule is CC(N)N1CCN(c2ccccc2F)CC1. The predicted octanol–water partition coefficient (Wildman–Crippen LogP) is 1.25. The Morgan fingerprint density at radius 1 is 1.19 bits per heavy atom. The highest BCUT2D eigenvalue weighted by Crippen LogP contribution is 2.20. The Hall–Kier alpha value is -1.13. The maximum Gasteiger partial charge on any atom is 0.146 e. The molecule has 2 rings (SSSR count). The van der Waals surface area contributed by atoms with E-state index < -0.39 is 0 Å². The molecule has 16 heavy (non-hydrogen) atoms. The third kappa shape index (κ3) is 2.33. The van der Waals surface area contributed by atoms with Gasteiger partial charge in [0.05, 0.1) is 11.9 Å². The molecule has 0 saturated carbocycles. The number of hydrogen-bond donors (Lipinski definition) is 1. The first-order valence-electron chi connectivity index (χ1n) is 5.67. The second-order valence-electron chi connectivity index (χ2n) is 4.22. The molecule has 88 valence electrons. The van der Waals surface area contributed by atoms with Gasteiger partial charge in [0.15, 0.2) is 0 Å². The number of halogens is 1. The van der Waals surface area contributed by atoms with E-state index in [-0.39, 0.29) is 12.0 Å². The molecule has 1 aliphatic heterocycles. The summed E-state index contributed by atoms with van der Waals surface area (Å²) in [4.78, 5) is 4.28. The average molecular weight is 223 g/mol. The highest BCUT2D eigenvalue weighted by molar-refractivity contribution is 5.47. The molecule has 0 bridgehead atoms. The smallest absolute Gasteiger partial charge is 0.146 e. The highest BCUT2D eigenvalue weighted by Gasteiger charge is 2.20. The second-order valence-corrected chi connectivity index (χ2v) is 4.22. The summed E-state index contributed by atoms with van der Waals surface area (Å²) in [7, 11) is 0. The summed E-state index contributed by atoms with van der Waals surface area (Å²) in [5, 5.41) is 0. The zero-order valence-electron chi connectivity index (χ0n) is 9.56. The second kappa shape index (κ2) is 4.80. The van der Waals surface area contributed by atoms with E-state index in [1.807, 2.05) is 19.1 Å². The molecule has 0 aliphatic carbocycles. The van der Waals surface area contributed by atoms with Crippen LogP contribution in [-0.4, -0.2) is 37.2 Å². The first kappa shape index (κ1) is 11.4. The van der Waals surface area contributed by atoms with Crippen LogP contribution in [0.1, 0.15) is 6.92 Å². The van der Waals surface area contributed by atoms with E-state index in [4.69, 9.17) is 5.73 Å². The molecule has 0 radical (unpaired) electrons. The Balaban J connectivity index is 2.02. The van der Waals surface area contributed by atoms with Crippen molar-refractivity contribution >= 4 is 5.69 Å². The molecule has 0 spiro atoms. The van der Waals surface area contributed by atoms with Crippen molar-refractivity contribution in [2.45, 2.75) is 13.1 Å². The minimum atomic E-state index is -0.142. The third-order valence-electron chi connectivity index (χ3n) is 3.08. The molecular formula is C12H18FN3. The van der Waals surface area contributed by atoms with Gasteiger partial charge in [-0.15, -0.1) is 0 Å². The zero-order chi connectivity index (χ0) is 11.5. The van der Waals surface area contributed by atoms with Crippen LogP contribution in [0.5, 0.6) is 0 Å². The molecule has 1 heterocycles. The molecule has 1 saturated heterocycles. The fourth-order valence-corrected chi connectivity index (χ4v) is 2.08. The van der Waals surface area contributed by atoms with Gasteiger partial charge in [0, 0.05) is 26.2 Å². The van der Waals surface area contributed by atoms with E-state index in [2.05, 4.69) is 9.80 Å². The Morgan fingerprint density at radius 3 is 2.38 bits per heavy atom. The number of hydrogen-bond acceptors (Lipinski definition) is 3. The summed E-state index contributed by atoms with van der Waals surface area (Å²) >= 11 is 0. The van der Waals surface area contributed by atoms with Gasteiger partial charge in [-0.25, -0.2) is 4.39 Å². The molecule has 1 aromatic carbocycles. The van der Waals surface area contributed by atoms with Gasteiger partial charge < -0.3 is 10.6 Å². The lowest BCUT2D eigenvalue weighted by Crippen LogP contribution is -2.52. The number of benzene rings is 1. The fraction of sp³-hybridized carbons (Fsp3) is 0.500. The molecule has 1 aromatic rings. The van der Waals surface area contributed by atoms with E-state index in [1.165, 1.54) is 6.07 Å². The number of nitrogens with zero attached hydrogens (tertiary/aromatic N) is 2. The van der Waals surface area contributed by atoms with Crippen LogP contribution < -0.4 is 10.6 Å². The minimum Gasteiger partial charge on any atom is -0.367 e. The third-order valence-corrected chi connectivity index (χ3v) is 3.08. The van der Waals surface area contributed by atoms with Gasteiger partial charge in [0.1, 0.15) is 5.82 Å². The van der Waals surface area contributed by atoms with E-state index in [9.17, 15) is 4.39 Å². The van der Waals surface area contributed by atoms with Gasteiger partial charge in [-0.1, -0.05) is 12.1 Å². The summed E-state index contributed by atoms with van der Waals surface area (Å²) in [6.07, 6.45) is 0.0859. The van der Waals surface area contributed by atoms with Gasteiger partial charge in [-0.05, 0) is 19.1 Å². The van der Waals surface area contributed by atoms with Crippen LogP contribution in [0.3, 0.4) is 0 Å². The summed E-state index contributed by atoms with van der Waals surface area (Å²) in [5.74, 6) is -0.142. The topological polar surface area (TPSA) is 32.5 Å². The molecule has 4 heteroatoms. The van der Waals surface area contributed by atoms with E-state index in [0.717, 1.165) is 26.2 Å². The lowest BCUT2D eigenvalue weighted by Gasteiger charge is -2.37. The standard InChI is InChI=1S/C12H18FN3/c1-10(14)15-6-8-16(9-7-15)12-5-3-2-4-11(12)13/h2-5,10H,6-9,14H2,1H3. The minimum absolute atomic E-state index is 0.0859. The molecule has 1 fully saturated rings. The Morgan fingerprint density at radius 2 is 1.81 bits per heavy atom. The summed E-state index contributed by atoms with van der Waals surface area (Å²) in [6.45, 7) is 5.45. The average Bonchev–Trinajstić information content (AvgIpc) is 2.30. The van der Waals surface area contributed by atoms with E-state index >= 15 is 0 Å². The van der Waals surface area contributed by atoms with E-state index in [1.54, 1.807) is 6.07 Å². The van der Waals surface area contributed by atoms with Crippen molar-refractivity contribution in [3.63, 3.8) is 0 Å². The van der Waals surface area contributed by atoms with Gasteiger partial charge in [0.2, 0.25) is 0 Å². The zero-order valence-corrected chi connectivity index (χ0v) is 9.56. The van der Waals surface area contributed by atoms with Crippen LogP contribution in [0.2, 0.25) is 0 Å². The highest BCUT2D eigenvalue weighted by atomic mass is 19.1. The van der Waals surface area contributed by atoms with Crippen LogP contribution >= 0.6 is 0 Å². The summed E-state index contributed by atoms with van der Waals surface area (Å²) in [6, 6.07) is 6.93. The Kier molecular flexibility index (Phi) is 3.41. The van der Waals surface area contributed by atoms with Crippen molar-refractivity contribution in [2.75, 3.05) is 31.1 Å². The molecule has 2 N–H and O–H groups in total. The first-order valence-corrected chi connectivity index (χ1v) is 5.67. The van der Waals surface area contributed by atoms with Gasteiger partial charge >= 0.3 is 0 Å². The molecule has 1 atom stereocenters. The van der Waals surface area contributed by atoms with Crippen LogP contribution in [-0.2, 0) is 0 Å². The van der Waals surface area contributed by atoms with Crippen LogP contribution in [0.15, 0.2) is 24.3 Å². The Labute approximate surface area is 95.6 Å². The quantitative estimate of drug-likeness (QED) is 0.819.